The summed E-state index contributed by atoms with van der Waals surface area (Å²) in [5.74, 6) is 1.82. The topological polar surface area (TPSA) is 51.8 Å². The lowest BCUT2D eigenvalue weighted by molar-refractivity contribution is 0.669. The first-order valence-electron chi connectivity index (χ1n) is 18.7. The summed E-state index contributed by atoms with van der Waals surface area (Å²) in [5, 5.41) is 4.73. The highest BCUT2D eigenvalue weighted by Gasteiger charge is 2.19. The third-order valence-electron chi connectivity index (χ3n) is 10.5. The van der Waals surface area contributed by atoms with E-state index in [-0.39, 0.29) is 0 Å². The fraction of sp³-hybridized carbons (Fsp3) is 0. The van der Waals surface area contributed by atoms with Gasteiger partial charge in [0.05, 0.1) is 0 Å². The maximum Gasteiger partial charge on any atom is 0.164 e. The summed E-state index contributed by atoms with van der Waals surface area (Å²) in [7, 11) is 0. The van der Waals surface area contributed by atoms with E-state index < -0.39 is 0 Å². The second-order valence-electron chi connectivity index (χ2n) is 14.0. The van der Waals surface area contributed by atoms with Gasteiger partial charge in [-0.15, -0.1) is 11.3 Å². The summed E-state index contributed by atoms with van der Waals surface area (Å²) in [4.78, 5) is 15.1. The quantitative estimate of drug-likeness (QED) is 0.171. The van der Waals surface area contributed by atoms with E-state index in [1.54, 1.807) is 0 Å². The SMILES string of the molecule is c1ccc(-c2cccc(-c3nc(-c4ccccc4)nc(-c4ccc5c(c4)oc4cccc(-c6cc(-c7ccccc7)c7c(c6)sc6ccccc67)c45)n3)c2)cc1. The fourth-order valence-corrected chi connectivity index (χ4v) is 9.05. The van der Waals surface area contributed by atoms with E-state index in [1.165, 1.54) is 31.3 Å². The smallest absolute Gasteiger partial charge is 0.164 e. The van der Waals surface area contributed by atoms with Gasteiger partial charge in [0.2, 0.25) is 0 Å². The summed E-state index contributed by atoms with van der Waals surface area (Å²) < 4.78 is 9.21. The minimum absolute atomic E-state index is 0.587. The number of hydrogen-bond acceptors (Lipinski definition) is 5. The lowest BCUT2D eigenvalue weighted by Gasteiger charge is -2.11. The third kappa shape index (κ3) is 5.56. The minimum Gasteiger partial charge on any atom is -0.456 e. The number of fused-ring (bicyclic) bond motifs is 6. The normalized spacial score (nSPS) is 11.6. The van der Waals surface area contributed by atoms with E-state index in [2.05, 4.69) is 152 Å². The van der Waals surface area contributed by atoms with Crippen LogP contribution < -0.4 is 0 Å². The van der Waals surface area contributed by atoms with Gasteiger partial charge < -0.3 is 4.42 Å². The molecule has 56 heavy (non-hydrogen) atoms. The Bertz CT molecular complexity index is 3240. The van der Waals surface area contributed by atoms with Crippen LogP contribution in [0.3, 0.4) is 0 Å². The molecule has 0 fully saturated rings. The Morgan fingerprint density at radius 1 is 0.321 bits per heavy atom. The summed E-state index contributed by atoms with van der Waals surface area (Å²) in [6, 6.07) is 65.6. The fourth-order valence-electron chi connectivity index (χ4n) is 7.88. The van der Waals surface area contributed by atoms with Gasteiger partial charge in [0.1, 0.15) is 11.2 Å². The van der Waals surface area contributed by atoms with Crippen molar-refractivity contribution >= 4 is 53.4 Å². The predicted molar refractivity (Wildman–Crippen MR) is 233 cm³/mol. The molecule has 5 heteroatoms. The number of hydrogen-bond donors (Lipinski definition) is 0. The average Bonchev–Trinajstić information content (AvgIpc) is 3.85. The Morgan fingerprint density at radius 3 is 1.70 bits per heavy atom. The molecule has 11 rings (SSSR count). The van der Waals surface area contributed by atoms with Crippen LogP contribution in [-0.4, -0.2) is 15.0 Å². The summed E-state index contributed by atoms with van der Waals surface area (Å²) >= 11 is 1.85. The molecular formula is C51H31N3OS. The molecule has 11 aromatic rings. The maximum atomic E-state index is 6.65. The van der Waals surface area contributed by atoms with E-state index in [1.807, 2.05) is 47.7 Å². The van der Waals surface area contributed by atoms with Gasteiger partial charge in [-0.3, -0.25) is 0 Å². The van der Waals surface area contributed by atoms with Gasteiger partial charge in [-0.2, -0.15) is 0 Å². The Kier molecular flexibility index (Phi) is 7.64. The van der Waals surface area contributed by atoms with Gasteiger partial charge in [0.15, 0.2) is 17.5 Å². The number of nitrogens with zero attached hydrogens (tertiary/aromatic N) is 3. The summed E-state index contributed by atoms with van der Waals surface area (Å²) in [5.41, 5.74) is 11.3. The molecule has 8 aromatic carbocycles. The Labute approximate surface area is 327 Å². The van der Waals surface area contributed by atoms with Crippen molar-refractivity contribution in [2.75, 3.05) is 0 Å². The number of benzene rings is 8. The highest BCUT2D eigenvalue weighted by Crippen LogP contribution is 2.45. The van der Waals surface area contributed by atoms with Crippen molar-refractivity contribution < 1.29 is 4.42 Å². The van der Waals surface area contributed by atoms with Crippen molar-refractivity contribution in [2.45, 2.75) is 0 Å². The third-order valence-corrected chi connectivity index (χ3v) is 11.6. The highest BCUT2D eigenvalue weighted by molar-refractivity contribution is 7.26. The number of rotatable bonds is 6. The van der Waals surface area contributed by atoms with Crippen LogP contribution in [0.15, 0.2) is 192 Å². The second kappa shape index (κ2) is 13.3. The molecule has 0 aliphatic heterocycles. The summed E-state index contributed by atoms with van der Waals surface area (Å²) in [6.45, 7) is 0. The Morgan fingerprint density at radius 2 is 0.929 bits per heavy atom. The van der Waals surface area contributed by atoms with Gasteiger partial charge >= 0.3 is 0 Å². The van der Waals surface area contributed by atoms with Crippen LogP contribution in [0.2, 0.25) is 0 Å². The van der Waals surface area contributed by atoms with Crippen molar-refractivity contribution in [3.05, 3.63) is 188 Å². The van der Waals surface area contributed by atoms with Crippen LogP contribution in [-0.2, 0) is 0 Å². The van der Waals surface area contributed by atoms with Crippen LogP contribution in [0.4, 0.5) is 0 Å². The van der Waals surface area contributed by atoms with Crippen LogP contribution in [0.25, 0.3) is 110 Å². The lowest BCUT2D eigenvalue weighted by atomic mass is 9.93. The second-order valence-corrected chi connectivity index (χ2v) is 15.1. The minimum atomic E-state index is 0.587. The van der Waals surface area contributed by atoms with Crippen LogP contribution in [0, 0.1) is 0 Å². The molecule has 3 aromatic heterocycles. The number of aromatic nitrogens is 3. The van der Waals surface area contributed by atoms with Gasteiger partial charge in [0, 0.05) is 47.6 Å². The van der Waals surface area contributed by atoms with Crippen molar-refractivity contribution in [3.63, 3.8) is 0 Å². The molecule has 0 unspecified atom stereocenters. The molecule has 0 atom stereocenters. The number of furan rings is 1. The van der Waals surface area contributed by atoms with E-state index in [0.717, 1.165) is 60.9 Å². The van der Waals surface area contributed by atoms with Gasteiger partial charge in [-0.1, -0.05) is 146 Å². The van der Waals surface area contributed by atoms with Crippen molar-refractivity contribution in [3.8, 4) is 67.5 Å². The molecular weight excluding hydrogens is 703 g/mol. The molecule has 3 heterocycles. The molecule has 0 radical (unpaired) electrons. The number of thiophene rings is 1. The van der Waals surface area contributed by atoms with Crippen molar-refractivity contribution in [1.29, 1.82) is 0 Å². The van der Waals surface area contributed by atoms with Crippen molar-refractivity contribution in [1.82, 2.24) is 15.0 Å². The zero-order valence-electron chi connectivity index (χ0n) is 30.1. The average molecular weight is 734 g/mol. The van der Waals surface area contributed by atoms with Crippen LogP contribution in [0.1, 0.15) is 0 Å². The Balaban J connectivity index is 1.07. The van der Waals surface area contributed by atoms with Crippen LogP contribution >= 0.6 is 11.3 Å². The molecule has 0 amide bonds. The lowest BCUT2D eigenvalue weighted by Crippen LogP contribution is -2.00. The summed E-state index contributed by atoms with van der Waals surface area (Å²) in [6.07, 6.45) is 0. The van der Waals surface area contributed by atoms with Gasteiger partial charge in [-0.05, 0) is 75.8 Å². The largest absolute Gasteiger partial charge is 0.456 e. The van der Waals surface area contributed by atoms with E-state index in [4.69, 9.17) is 19.4 Å². The molecule has 0 aliphatic carbocycles. The van der Waals surface area contributed by atoms with Gasteiger partial charge in [0.25, 0.3) is 0 Å². The molecule has 0 aliphatic rings. The molecule has 0 spiro atoms. The first-order chi connectivity index (χ1) is 27.7. The highest BCUT2D eigenvalue weighted by atomic mass is 32.1. The van der Waals surface area contributed by atoms with E-state index in [0.29, 0.717) is 17.5 Å². The van der Waals surface area contributed by atoms with Crippen molar-refractivity contribution in [2.24, 2.45) is 0 Å². The Hall–Kier alpha value is -7.21. The zero-order valence-corrected chi connectivity index (χ0v) is 30.9. The predicted octanol–water partition coefficient (Wildman–Crippen LogP) is 14.1. The van der Waals surface area contributed by atoms with E-state index in [9.17, 15) is 0 Å². The maximum absolute atomic E-state index is 6.65. The molecule has 0 saturated carbocycles. The molecule has 4 nitrogen and oxygen atoms in total. The first kappa shape index (κ1) is 32.2. The monoisotopic (exact) mass is 733 g/mol. The van der Waals surface area contributed by atoms with E-state index >= 15 is 0 Å². The molecule has 262 valence electrons. The molecule has 0 N–H and O–H groups in total. The first-order valence-corrected chi connectivity index (χ1v) is 19.5. The molecule has 0 saturated heterocycles. The molecule has 0 bridgehead atoms. The standard InChI is InChI=1S/C51H31N3OS/c1-4-14-32(15-5-1)35-20-12-21-36(28-35)50-52-49(34-18-8-3-9-19-34)53-51(54-50)37-26-27-40-44(30-37)55-43-24-13-23-39(47(40)43)38-29-42(33-16-6-2-7-17-33)48-41-22-10-11-25-45(41)56-46(48)31-38/h1-31H. The van der Waals surface area contributed by atoms with Gasteiger partial charge in [-0.25, -0.2) is 15.0 Å². The van der Waals surface area contributed by atoms with Crippen LogP contribution in [0.5, 0.6) is 0 Å². The zero-order chi connectivity index (χ0) is 37.0.